The fourth-order valence-corrected chi connectivity index (χ4v) is 7.32. The van der Waals surface area contributed by atoms with Crippen LogP contribution < -0.4 is 29.7 Å². The number of likely N-dealkylation sites (N-methyl/N-ethyl adjacent to an activating group) is 1. The van der Waals surface area contributed by atoms with Gasteiger partial charge in [0.05, 0.1) is 19.2 Å². The number of hydrogen-bond donors (Lipinski definition) is 3. The van der Waals surface area contributed by atoms with Gasteiger partial charge in [0, 0.05) is 73.7 Å². The summed E-state index contributed by atoms with van der Waals surface area (Å²) in [4.78, 5) is 27.7. The van der Waals surface area contributed by atoms with E-state index in [0.717, 1.165) is 34.4 Å². The van der Waals surface area contributed by atoms with Crippen molar-refractivity contribution in [2.24, 2.45) is 5.92 Å². The molecular weight excluding hydrogens is 540 g/mol. The average molecular weight is 581 g/mol. The van der Waals surface area contributed by atoms with Gasteiger partial charge in [-0.15, -0.1) is 0 Å². The Morgan fingerprint density at radius 2 is 1.90 bits per heavy atom. The summed E-state index contributed by atoms with van der Waals surface area (Å²) < 4.78 is 23.5. The Balaban J connectivity index is 1.58. The molecule has 1 unspecified atom stereocenters. The maximum atomic E-state index is 12.9. The van der Waals surface area contributed by atoms with Crippen molar-refractivity contribution in [1.82, 2.24) is 20.7 Å². The number of rotatable bonds is 5. The topological polar surface area (TPSA) is 122 Å². The van der Waals surface area contributed by atoms with E-state index in [2.05, 4.69) is 26.7 Å². The van der Waals surface area contributed by atoms with E-state index in [4.69, 9.17) is 18.9 Å². The molecule has 2 bridgehead atoms. The normalized spacial score (nSPS) is 24.4. The first-order chi connectivity index (χ1) is 20.0. The van der Waals surface area contributed by atoms with E-state index in [0.29, 0.717) is 48.1 Å². The van der Waals surface area contributed by atoms with E-state index < -0.39 is 5.97 Å². The first-order valence-corrected chi connectivity index (χ1v) is 14.6. The molecule has 2 aromatic rings. The van der Waals surface area contributed by atoms with Crippen molar-refractivity contribution in [2.45, 2.75) is 65.1 Å². The molecule has 11 heteroatoms. The van der Waals surface area contributed by atoms with Gasteiger partial charge >= 0.3 is 5.97 Å². The van der Waals surface area contributed by atoms with Crippen LogP contribution in [-0.2, 0) is 16.0 Å². The van der Waals surface area contributed by atoms with E-state index >= 15 is 0 Å². The number of methoxy groups -OCH3 is 1. The zero-order chi connectivity index (χ0) is 30.0. The van der Waals surface area contributed by atoms with E-state index in [-0.39, 0.29) is 48.4 Å². The minimum atomic E-state index is -0.425. The van der Waals surface area contributed by atoms with Crippen molar-refractivity contribution in [3.05, 3.63) is 39.4 Å². The second-order valence-corrected chi connectivity index (χ2v) is 12.2. The Morgan fingerprint density at radius 1 is 1.17 bits per heavy atom. The number of fused-ring (bicyclic) bond motifs is 5. The number of hydrazine groups is 1. The summed E-state index contributed by atoms with van der Waals surface area (Å²) in [5.74, 6) is 1.68. The lowest BCUT2D eigenvalue weighted by atomic mass is 9.81. The van der Waals surface area contributed by atoms with Crippen LogP contribution in [0.3, 0.4) is 0 Å². The molecule has 1 amide bonds. The summed E-state index contributed by atoms with van der Waals surface area (Å²) >= 11 is 0. The molecule has 0 aliphatic carbocycles. The van der Waals surface area contributed by atoms with Gasteiger partial charge in [0.15, 0.2) is 23.0 Å². The Morgan fingerprint density at radius 3 is 2.60 bits per heavy atom. The second-order valence-electron chi connectivity index (χ2n) is 12.2. The molecule has 4 aliphatic heterocycles. The fraction of sp³-hybridized carbons (Fsp3) is 0.548. The van der Waals surface area contributed by atoms with Gasteiger partial charge in [-0.3, -0.25) is 14.5 Å². The molecule has 2 aromatic carbocycles. The predicted molar refractivity (Wildman–Crippen MR) is 154 cm³/mol. The highest BCUT2D eigenvalue weighted by atomic mass is 16.7. The quantitative estimate of drug-likeness (QED) is 0.360. The second kappa shape index (κ2) is 10.6. The SMILES string of the molecule is COc1c(C)cc2c(c1O)[C@@H]1NN(C)C[C@@H]2CN2C1Cc1c(OC(C)=O)c(C)c3c(c1[C@H]2CNC(=O)C(C)C)OCO3. The number of hydrogen-bond acceptors (Lipinski definition) is 10. The average Bonchev–Trinajstić information content (AvgIpc) is 3.32. The molecule has 6 rings (SSSR count). The van der Waals surface area contributed by atoms with Gasteiger partial charge in [-0.1, -0.05) is 19.9 Å². The summed E-state index contributed by atoms with van der Waals surface area (Å²) in [7, 11) is 3.59. The van der Waals surface area contributed by atoms with Crippen LogP contribution in [0, 0.1) is 19.8 Å². The van der Waals surface area contributed by atoms with Gasteiger partial charge in [-0.25, -0.2) is 10.4 Å². The number of esters is 1. The van der Waals surface area contributed by atoms with Gasteiger partial charge < -0.3 is 29.4 Å². The number of phenols is 1. The third-order valence-electron chi connectivity index (χ3n) is 9.09. The molecule has 226 valence electrons. The molecule has 0 saturated heterocycles. The number of phenolic OH excluding ortho intramolecular Hbond substituents is 1. The Hall–Kier alpha value is -3.54. The highest BCUT2D eigenvalue weighted by Crippen LogP contribution is 2.56. The smallest absolute Gasteiger partial charge is 0.308 e. The van der Waals surface area contributed by atoms with Crippen molar-refractivity contribution in [3.8, 4) is 28.7 Å². The Labute approximate surface area is 246 Å². The number of nitrogens with zero attached hydrogens (tertiary/aromatic N) is 2. The number of nitrogens with one attached hydrogen (secondary N) is 2. The summed E-state index contributed by atoms with van der Waals surface area (Å²) in [5, 5.41) is 16.9. The molecule has 3 N–H and O–H groups in total. The zero-order valence-corrected chi connectivity index (χ0v) is 25.3. The van der Waals surface area contributed by atoms with Crippen LogP contribution in [0.15, 0.2) is 6.07 Å². The minimum absolute atomic E-state index is 0.0472. The van der Waals surface area contributed by atoms with E-state index in [1.54, 1.807) is 7.11 Å². The molecule has 0 saturated carbocycles. The van der Waals surface area contributed by atoms with Crippen molar-refractivity contribution in [1.29, 1.82) is 0 Å². The summed E-state index contributed by atoms with van der Waals surface area (Å²) in [6.45, 7) is 10.8. The van der Waals surface area contributed by atoms with Crippen molar-refractivity contribution < 1.29 is 33.6 Å². The highest BCUT2D eigenvalue weighted by molar-refractivity contribution is 5.78. The highest BCUT2D eigenvalue weighted by Gasteiger charge is 2.50. The first kappa shape index (κ1) is 28.6. The molecule has 0 radical (unpaired) electrons. The van der Waals surface area contributed by atoms with Crippen LogP contribution in [0.25, 0.3) is 0 Å². The van der Waals surface area contributed by atoms with E-state index in [1.807, 2.05) is 34.7 Å². The molecule has 4 aliphatic rings. The monoisotopic (exact) mass is 580 g/mol. The number of ether oxygens (including phenoxy) is 4. The third-order valence-corrected chi connectivity index (χ3v) is 9.09. The summed E-state index contributed by atoms with van der Waals surface area (Å²) in [6.07, 6.45) is 0.511. The molecule has 4 atom stereocenters. The van der Waals surface area contributed by atoms with Crippen molar-refractivity contribution in [2.75, 3.05) is 40.6 Å². The van der Waals surface area contributed by atoms with Crippen LogP contribution in [0.4, 0.5) is 0 Å². The summed E-state index contributed by atoms with van der Waals surface area (Å²) in [5.41, 5.74) is 8.87. The molecule has 0 aromatic heterocycles. The van der Waals surface area contributed by atoms with Gasteiger partial charge in [0.25, 0.3) is 0 Å². The Bertz CT molecular complexity index is 1460. The van der Waals surface area contributed by atoms with Crippen LogP contribution in [-0.4, -0.2) is 73.5 Å². The maximum absolute atomic E-state index is 12.9. The first-order valence-electron chi connectivity index (χ1n) is 14.6. The molecule has 0 spiro atoms. The van der Waals surface area contributed by atoms with Crippen molar-refractivity contribution >= 4 is 11.9 Å². The summed E-state index contributed by atoms with van der Waals surface area (Å²) in [6, 6.07) is 1.34. The van der Waals surface area contributed by atoms with Gasteiger partial charge in [0.2, 0.25) is 12.7 Å². The number of amides is 1. The largest absolute Gasteiger partial charge is 0.504 e. The van der Waals surface area contributed by atoms with Crippen LogP contribution in [0.1, 0.15) is 72.2 Å². The lowest BCUT2D eigenvalue weighted by Gasteiger charge is -2.48. The van der Waals surface area contributed by atoms with Gasteiger partial charge in [0.1, 0.15) is 5.75 Å². The molecule has 4 heterocycles. The number of carbonyl (C=O) groups is 2. The Kier molecular flexibility index (Phi) is 7.23. The fourth-order valence-electron chi connectivity index (χ4n) is 7.32. The maximum Gasteiger partial charge on any atom is 0.308 e. The lowest BCUT2D eigenvalue weighted by molar-refractivity contribution is -0.132. The molecule has 42 heavy (non-hydrogen) atoms. The van der Waals surface area contributed by atoms with E-state index in [1.165, 1.54) is 6.92 Å². The van der Waals surface area contributed by atoms with Crippen LogP contribution in [0.2, 0.25) is 0 Å². The standard InChI is InChI=1S/C31H40N4O7/c1-14(2)31(38)32-10-22-23-20(28(42-17(5)36)16(4)29-30(23)41-13-40-29)9-21-25-24-19(8-15(3)27(39-7)26(24)37)18(12-35(21)22)11-34(6)33-25/h8,14,18,21-22,25,33,37H,9-13H2,1-7H3,(H,32,38)/t18-,21?,22-,25-/m1/s1. The number of carbonyl (C=O) groups excluding carboxylic acids is 2. The number of benzene rings is 2. The van der Waals surface area contributed by atoms with Crippen LogP contribution in [0.5, 0.6) is 28.7 Å². The predicted octanol–water partition coefficient (Wildman–Crippen LogP) is 3.00. The van der Waals surface area contributed by atoms with Crippen molar-refractivity contribution in [3.63, 3.8) is 0 Å². The third kappa shape index (κ3) is 4.45. The number of aromatic hydroxyl groups is 1. The number of aryl methyl sites for hydroxylation is 1. The zero-order valence-electron chi connectivity index (χ0n) is 25.3. The minimum Gasteiger partial charge on any atom is -0.504 e. The van der Waals surface area contributed by atoms with Crippen LogP contribution >= 0.6 is 0 Å². The van der Waals surface area contributed by atoms with Gasteiger partial charge in [-0.05, 0) is 31.4 Å². The molecule has 11 nitrogen and oxygen atoms in total. The molecule has 0 fully saturated rings. The lowest BCUT2D eigenvalue weighted by Crippen LogP contribution is -2.57. The van der Waals surface area contributed by atoms with Gasteiger partial charge in [-0.2, -0.15) is 0 Å². The molecular formula is C31H40N4O7. The van der Waals surface area contributed by atoms with E-state index in [9.17, 15) is 14.7 Å².